The highest BCUT2D eigenvalue weighted by Gasteiger charge is 2.19. The molecule has 0 spiro atoms. The predicted molar refractivity (Wildman–Crippen MR) is 82.5 cm³/mol. The summed E-state index contributed by atoms with van der Waals surface area (Å²) in [6, 6.07) is 10.6. The Morgan fingerprint density at radius 3 is 2.52 bits per heavy atom. The summed E-state index contributed by atoms with van der Waals surface area (Å²) in [6.07, 6.45) is 0. The molecule has 1 aromatic heterocycles. The molecule has 0 N–H and O–H groups in total. The van der Waals surface area contributed by atoms with Crippen LogP contribution in [0.4, 0.5) is 8.78 Å². The highest BCUT2D eigenvalue weighted by Crippen LogP contribution is 2.29. The van der Waals surface area contributed by atoms with Gasteiger partial charge in [0.05, 0.1) is 0 Å². The van der Waals surface area contributed by atoms with Crippen LogP contribution in [-0.4, -0.2) is 12.4 Å². The van der Waals surface area contributed by atoms with Crippen LogP contribution in [0.25, 0.3) is 11.0 Å². The Labute approximate surface area is 135 Å². The maximum atomic E-state index is 12.5. The number of carbonyl (C=O) groups is 1. The van der Waals surface area contributed by atoms with E-state index in [1.165, 1.54) is 24.3 Å². The Hall–Kier alpha value is -2.40. The Balaban J connectivity index is 1.95. The minimum atomic E-state index is -2.90. The number of hydrogen-bond acceptors (Lipinski definition) is 3. The third-order valence-electron chi connectivity index (χ3n) is 3.45. The number of furan rings is 1. The van der Waals surface area contributed by atoms with Crippen molar-refractivity contribution in [1.82, 2.24) is 0 Å². The van der Waals surface area contributed by atoms with Crippen molar-refractivity contribution in [2.45, 2.75) is 13.5 Å². The van der Waals surface area contributed by atoms with E-state index in [4.69, 9.17) is 16.0 Å². The molecule has 0 saturated carbocycles. The van der Waals surface area contributed by atoms with Crippen LogP contribution in [0.5, 0.6) is 5.75 Å². The summed E-state index contributed by atoms with van der Waals surface area (Å²) in [7, 11) is 0. The van der Waals surface area contributed by atoms with Gasteiger partial charge in [-0.3, -0.25) is 4.79 Å². The summed E-state index contributed by atoms with van der Waals surface area (Å²) in [5.41, 5.74) is 1.56. The monoisotopic (exact) mass is 336 g/mol. The first-order valence-corrected chi connectivity index (χ1v) is 7.11. The molecule has 0 amide bonds. The number of hydrogen-bond donors (Lipinski definition) is 0. The molecular weight excluding hydrogens is 326 g/mol. The number of aryl methyl sites for hydroxylation is 1. The summed E-state index contributed by atoms with van der Waals surface area (Å²) in [6.45, 7) is -1.14. The molecule has 3 rings (SSSR count). The molecular formula is C17H11ClF2O3. The molecule has 0 fully saturated rings. The Morgan fingerprint density at radius 1 is 1.17 bits per heavy atom. The molecule has 0 aliphatic rings. The van der Waals surface area contributed by atoms with Gasteiger partial charge in [0, 0.05) is 21.5 Å². The molecule has 3 aromatic rings. The molecule has 1 heterocycles. The number of alkyl halides is 2. The lowest BCUT2D eigenvalue weighted by molar-refractivity contribution is -0.0498. The number of carbonyl (C=O) groups excluding carboxylic acids is 1. The molecule has 2 aromatic carbocycles. The number of fused-ring (bicyclic) bond motifs is 1. The van der Waals surface area contributed by atoms with Crippen LogP contribution in [0, 0.1) is 6.92 Å². The first-order chi connectivity index (χ1) is 11.0. The molecule has 118 valence electrons. The minimum absolute atomic E-state index is 0.00957. The van der Waals surface area contributed by atoms with Gasteiger partial charge in [-0.15, -0.1) is 0 Å². The topological polar surface area (TPSA) is 39.4 Å². The zero-order chi connectivity index (χ0) is 16.6. The summed E-state index contributed by atoms with van der Waals surface area (Å²) < 4.78 is 34.1. The quantitative estimate of drug-likeness (QED) is 0.613. The van der Waals surface area contributed by atoms with E-state index in [0.29, 0.717) is 21.7 Å². The molecule has 0 atom stereocenters. The summed E-state index contributed by atoms with van der Waals surface area (Å²) in [5, 5.41) is 1.31. The zero-order valence-corrected chi connectivity index (χ0v) is 12.7. The van der Waals surface area contributed by atoms with Gasteiger partial charge in [-0.1, -0.05) is 11.6 Å². The van der Waals surface area contributed by atoms with Gasteiger partial charge in [0.25, 0.3) is 0 Å². The summed E-state index contributed by atoms with van der Waals surface area (Å²) >= 11 is 5.95. The lowest BCUT2D eigenvalue weighted by Crippen LogP contribution is -2.04. The molecule has 0 bridgehead atoms. The van der Waals surface area contributed by atoms with Crippen LogP contribution in [0.1, 0.15) is 21.7 Å². The van der Waals surface area contributed by atoms with Gasteiger partial charge in [0.2, 0.25) is 5.78 Å². The highest BCUT2D eigenvalue weighted by molar-refractivity contribution is 6.31. The lowest BCUT2D eigenvalue weighted by atomic mass is 10.0. The standard InChI is InChI=1S/C17H11ClF2O3/c1-9-13-8-11(18)4-7-14(13)23-16(9)15(21)10-2-5-12(6-3-10)22-17(19)20/h2-8,17H,1H3. The smallest absolute Gasteiger partial charge is 0.387 e. The van der Waals surface area contributed by atoms with E-state index in [0.717, 1.165) is 5.39 Å². The largest absolute Gasteiger partial charge is 0.452 e. The molecule has 6 heteroatoms. The van der Waals surface area contributed by atoms with E-state index in [-0.39, 0.29) is 17.3 Å². The number of benzene rings is 2. The summed E-state index contributed by atoms with van der Waals surface area (Å²) in [5.74, 6) is -0.145. The summed E-state index contributed by atoms with van der Waals surface area (Å²) in [4.78, 5) is 12.5. The maximum Gasteiger partial charge on any atom is 0.387 e. The van der Waals surface area contributed by atoms with Crippen LogP contribution >= 0.6 is 11.6 Å². The van der Waals surface area contributed by atoms with E-state index < -0.39 is 6.61 Å². The van der Waals surface area contributed by atoms with Gasteiger partial charge in [0.15, 0.2) is 5.76 Å². The maximum absolute atomic E-state index is 12.5. The van der Waals surface area contributed by atoms with Gasteiger partial charge < -0.3 is 9.15 Å². The van der Waals surface area contributed by atoms with Crippen LogP contribution in [-0.2, 0) is 0 Å². The second-order valence-electron chi connectivity index (χ2n) is 4.93. The van der Waals surface area contributed by atoms with E-state index in [1.807, 2.05) is 0 Å². The zero-order valence-electron chi connectivity index (χ0n) is 12.0. The van der Waals surface area contributed by atoms with Crippen molar-refractivity contribution in [3.05, 3.63) is 64.4 Å². The van der Waals surface area contributed by atoms with Crippen LogP contribution in [0.15, 0.2) is 46.9 Å². The number of rotatable bonds is 4. The third kappa shape index (κ3) is 3.05. The molecule has 0 aliphatic carbocycles. The van der Waals surface area contributed by atoms with Gasteiger partial charge >= 0.3 is 6.61 Å². The van der Waals surface area contributed by atoms with Crippen molar-refractivity contribution in [2.24, 2.45) is 0 Å². The molecule has 0 radical (unpaired) electrons. The Morgan fingerprint density at radius 2 is 1.87 bits per heavy atom. The van der Waals surface area contributed by atoms with Crippen molar-refractivity contribution in [1.29, 1.82) is 0 Å². The lowest BCUT2D eigenvalue weighted by Gasteiger charge is -2.04. The van der Waals surface area contributed by atoms with Crippen LogP contribution < -0.4 is 4.74 Å². The second-order valence-corrected chi connectivity index (χ2v) is 5.37. The highest BCUT2D eigenvalue weighted by atomic mass is 35.5. The Kier molecular flexibility index (Phi) is 4.05. The van der Waals surface area contributed by atoms with Gasteiger partial charge in [-0.2, -0.15) is 8.78 Å². The fraction of sp³-hybridized carbons (Fsp3) is 0.118. The molecule has 3 nitrogen and oxygen atoms in total. The third-order valence-corrected chi connectivity index (χ3v) is 3.68. The van der Waals surface area contributed by atoms with Crippen LogP contribution in [0.2, 0.25) is 5.02 Å². The molecule has 0 aliphatic heterocycles. The fourth-order valence-electron chi connectivity index (χ4n) is 2.33. The fourth-order valence-corrected chi connectivity index (χ4v) is 2.50. The van der Waals surface area contributed by atoms with Crippen LogP contribution in [0.3, 0.4) is 0 Å². The van der Waals surface area contributed by atoms with E-state index in [9.17, 15) is 13.6 Å². The molecule has 0 unspecified atom stereocenters. The number of ether oxygens (including phenoxy) is 1. The molecule has 23 heavy (non-hydrogen) atoms. The molecule has 0 saturated heterocycles. The van der Waals surface area contributed by atoms with E-state index in [2.05, 4.69) is 4.74 Å². The van der Waals surface area contributed by atoms with Gasteiger partial charge in [-0.05, 0) is 49.4 Å². The number of ketones is 1. The van der Waals surface area contributed by atoms with Crippen molar-refractivity contribution < 1.29 is 22.7 Å². The van der Waals surface area contributed by atoms with E-state index in [1.54, 1.807) is 25.1 Å². The van der Waals surface area contributed by atoms with Crippen molar-refractivity contribution in [3.8, 4) is 5.75 Å². The number of halogens is 3. The minimum Gasteiger partial charge on any atom is -0.452 e. The van der Waals surface area contributed by atoms with Gasteiger partial charge in [0.1, 0.15) is 11.3 Å². The predicted octanol–water partition coefficient (Wildman–Crippen LogP) is 5.23. The van der Waals surface area contributed by atoms with E-state index >= 15 is 0 Å². The van der Waals surface area contributed by atoms with Crippen molar-refractivity contribution >= 4 is 28.4 Å². The van der Waals surface area contributed by atoms with Crippen molar-refractivity contribution in [3.63, 3.8) is 0 Å². The normalized spacial score (nSPS) is 11.2. The van der Waals surface area contributed by atoms with Crippen molar-refractivity contribution in [2.75, 3.05) is 0 Å². The van der Waals surface area contributed by atoms with Gasteiger partial charge in [-0.25, -0.2) is 0 Å². The first kappa shape index (κ1) is 15.5. The first-order valence-electron chi connectivity index (χ1n) is 6.74. The SMILES string of the molecule is Cc1c(C(=O)c2ccc(OC(F)F)cc2)oc2ccc(Cl)cc12. The Bertz CT molecular complexity index is 869. The average molecular weight is 337 g/mol. The average Bonchev–Trinajstić information content (AvgIpc) is 2.84. The second kappa shape index (κ2) is 6.01.